The molecular weight excluding hydrogens is 365 g/mol. The number of aliphatic hydroxyl groups excluding tert-OH is 1. The van der Waals surface area contributed by atoms with Gasteiger partial charge in [-0.05, 0) is 31.9 Å². The van der Waals surface area contributed by atoms with Gasteiger partial charge >= 0.3 is 6.18 Å². The van der Waals surface area contributed by atoms with Gasteiger partial charge in [-0.25, -0.2) is 0 Å². The second-order valence-corrected chi connectivity index (χ2v) is 6.39. The number of carbonyl (C=O) groups excluding carboxylic acids is 1. The Morgan fingerprint density at radius 2 is 2.00 bits per heavy atom. The lowest BCUT2D eigenvalue weighted by Gasteiger charge is -2.34. The van der Waals surface area contributed by atoms with Crippen LogP contribution in [0, 0.1) is 5.92 Å². The molecule has 148 valence electrons. The molecule has 0 aliphatic carbocycles. The number of anilines is 1. The van der Waals surface area contributed by atoms with Crippen molar-refractivity contribution >= 4 is 17.4 Å². The van der Waals surface area contributed by atoms with E-state index in [4.69, 9.17) is 5.11 Å². The first-order valence-corrected chi connectivity index (χ1v) is 8.79. The lowest BCUT2D eigenvalue weighted by atomic mass is 9.95. The zero-order chi connectivity index (χ0) is 19.6. The van der Waals surface area contributed by atoms with E-state index in [9.17, 15) is 18.0 Å². The topological polar surface area (TPSA) is 86.9 Å². The molecule has 1 amide bonds. The Morgan fingerprint density at radius 3 is 2.59 bits per heavy atom. The van der Waals surface area contributed by atoms with Crippen LogP contribution in [0.1, 0.15) is 25.6 Å². The summed E-state index contributed by atoms with van der Waals surface area (Å²) in [5, 5.41) is 19.8. The fraction of sp³-hybridized carbons (Fsp3) is 0.625. The molecule has 0 unspecified atom stereocenters. The van der Waals surface area contributed by atoms with Crippen LogP contribution in [-0.2, 0) is 11.0 Å². The monoisotopic (exact) mass is 386 g/mol. The molecule has 2 aromatic rings. The molecule has 0 saturated carbocycles. The molecule has 0 spiro atoms. The summed E-state index contributed by atoms with van der Waals surface area (Å²) in [5.41, 5.74) is 0.0266. The summed E-state index contributed by atoms with van der Waals surface area (Å²) in [5.74, 6) is -0.918. The SMILES string of the molecule is CCN(CCO)C(=O)C1CCN(c2ccc3nnc(C(F)(F)F)n3n2)CC1. The molecule has 0 radical (unpaired) electrons. The highest BCUT2D eigenvalue weighted by molar-refractivity contribution is 5.79. The Balaban J connectivity index is 1.72. The van der Waals surface area contributed by atoms with Crippen LogP contribution >= 0.6 is 0 Å². The highest BCUT2D eigenvalue weighted by atomic mass is 19.4. The molecule has 11 heteroatoms. The second-order valence-electron chi connectivity index (χ2n) is 6.39. The molecule has 27 heavy (non-hydrogen) atoms. The Morgan fingerprint density at radius 1 is 1.30 bits per heavy atom. The van der Waals surface area contributed by atoms with Crippen molar-refractivity contribution in [1.82, 2.24) is 24.7 Å². The zero-order valence-corrected chi connectivity index (χ0v) is 14.9. The number of hydrogen-bond acceptors (Lipinski definition) is 6. The summed E-state index contributed by atoms with van der Waals surface area (Å²) in [4.78, 5) is 16.0. The maximum atomic E-state index is 13.0. The number of hydrogen-bond donors (Lipinski definition) is 1. The summed E-state index contributed by atoms with van der Waals surface area (Å²) in [6.07, 6.45) is -3.48. The van der Waals surface area contributed by atoms with Gasteiger partial charge in [-0.1, -0.05) is 0 Å². The number of rotatable bonds is 5. The fourth-order valence-electron chi connectivity index (χ4n) is 3.28. The molecule has 1 N–H and O–H groups in total. The second kappa shape index (κ2) is 7.67. The van der Waals surface area contributed by atoms with Crippen LogP contribution in [-0.4, -0.2) is 68.5 Å². The maximum Gasteiger partial charge on any atom is 0.453 e. The number of nitrogens with zero attached hydrogens (tertiary/aromatic N) is 6. The van der Waals surface area contributed by atoms with E-state index in [0.717, 1.165) is 0 Å². The number of aliphatic hydroxyl groups is 1. The van der Waals surface area contributed by atoms with Crippen molar-refractivity contribution in [3.05, 3.63) is 18.0 Å². The van der Waals surface area contributed by atoms with Gasteiger partial charge in [-0.15, -0.1) is 15.3 Å². The molecule has 2 aromatic heterocycles. The summed E-state index contributed by atoms with van der Waals surface area (Å²) < 4.78 is 39.7. The van der Waals surface area contributed by atoms with Crippen molar-refractivity contribution in [3.63, 3.8) is 0 Å². The van der Waals surface area contributed by atoms with Gasteiger partial charge in [0.25, 0.3) is 5.82 Å². The number of halogens is 3. The van der Waals surface area contributed by atoms with Gasteiger partial charge in [0.1, 0.15) is 5.82 Å². The lowest BCUT2D eigenvalue weighted by Crippen LogP contribution is -2.43. The van der Waals surface area contributed by atoms with E-state index in [-0.39, 0.29) is 24.1 Å². The third-order valence-corrected chi connectivity index (χ3v) is 4.73. The van der Waals surface area contributed by atoms with E-state index in [0.29, 0.717) is 49.4 Å². The minimum Gasteiger partial charge on any atom is -0.395 e. The average Bonchev–Trinajstić information content (AvgIpc) is 3.09. The highest BCUT2D eigenvalue weighted by Crippen LogP contribution is 2.29. The fourth-order valence-corrected chi connectivity index (χ4v) is 3.28. The van der Waals surface area contributed by atoms with Crippen LogP contribution in [0.2, 0.25) is 0 Å². The van der Waals surface area contributed by atoms with E-state index >= 15 is 0 Å². The molecule has 0 atom stereocenters. The molecule has 1 saturated heterocycles. The number of likely N-dealkylation sites (N-methyl/N-ethyl adjacent to an activating group) is 1. The van der Waals surface area contributed by atoms with Crippen LogP contribution in [0.3, 0.4) is 0 Å². The van der Waals surface area contributed by atoms with Gasteiger partial charge in [0, 0.05) is 32.1 Å². The van der Waals surface area contributed by atoms with Crippen LogP contribution in [0.5, 0.6) is 0 Å². The minimum absolute atomic E-state index is 0.00720. The number of aromatic nitrogens is 4. The van der Waals surface area contributed by atoms with Crippen LogP contribution in [0.15, 0.2) is 12.1 Å². The van der Waals surface area contributed by atoms with Crippen LogP contribution in [0.25, 0.3) is 5.65 Å². The summed E-state index contributed by atoms with van der Waals surface area (Å²) in [7, 11) is 0. The lowest BCUT2D eigenvalue weighted by molar-refractivity contribution is -0.146. The third-order valence-electron chi connectivity index (χ3n) is 4.73. The van der Waals surface area contributed by atoms with E-state index in [1.807, 2.05) is 11.8 Å². The van der Waals surface area contributed by atoms with Gasteiger partial charge in [-0.2, -0.15) is 17.7 Å². The number of piperidine rings is 1. The minimum atomic E-state index is -4.64. The largest absolute Gasteiger partial charge is 0.453 e. The molecule has 8 nitrogen and oxygen atoms in total. The number of fused-ring (bicyclic) bond motifs is 1. The molecule has 1 aliphatic heterocycles. The van der Waals surface area contributed by atoms with Crippen molar-refractivity contribution in [1.29, 1.82) is 0 Å². The molecule has 0 aromatic carbocycles. The number of amides is 1. The van der Waals surface area contributed by atoms with Crippen molar-refractivity contribution in [2.45, 2.75) is 25.9 Å². The summed E-state index contributed by atoms with van der Waals surface area (Å²) >= 11 is 0. The maximum absolute atomic E-state index is 13.0. The predicted octanol–water partition coefficient (Wildman–Crippen LogP) is 1.20. The average molecular weight is 386 g/mol. The van der Waals surface area contributed by atoms with E-state index in [2.05, 4.69) is 15.3 Å². The molecule has 0 bridgehead atoms. The standard InChI is InChI=1S/C16H21F3N6O2/c1-2-23(9-10-26)14(27)11-5-7-24(8-6-11)13-4-3-12-20-21-15(16(17,18)19)25(12)22-13/h3-4,11,26H,2,5-10H2,1H3. The van der Waals surface area contributed by atoms with Crippen molar-refractivity contribution in [2.24, 2.45) is 5.92 Å². The number of alkyl halides is 3. The smallest absolute Gasteiger partial charge is 0.395 e. The third kappa shape index (κ3) is 3.97. The van der Waals surface area contributed by atoms with Gasteiger partial charge in [-0.3, -0.25) is 4.79 Å². The normalized spacial score (nSPS) is 16.1. The Kier molecular flexibility index (Phi) is 5.49. The van der Waals surface area contributed by atoms with Gasteiger partial charge < -0.3 is 14.9 Å². The van der Waals surface area contributed by atoms with Gasteiger partial charge in [0.05, 0.1) is 6.61 Å². The zero-order valence-electron chi connectivity index (χ0n) is 14.9. The molecule has 1 aliphatic rings. The van der Waals surface area contributed by atoms with Crippen LogP contribution < -0.4 is 4.90 Å². The highest BCUT2D eigenvalue weighted by Gasteiger charge is 2.38. The molecule has 3 heterocycles. The Hall–Kier alpha value is -2.43. The summed E-state index contributed by atoms with van der Waals surface area (Å²) in [6, 6.07) is 3.05. The van der Waals surface area contributed by atoms with E-state index < -0.39 is 12.0 Å². The van der Waals surface area contributed by atoms with E-state index in [1.54, 1.807) is 11.0 Å². The first-order chi connectivity index (χ1) is 12.8. The van der Waals surface area contributed by atoms with Crippen molar-refractivity contribution in [2.75, 3.05) is 37.7 Å². The first kappa shape index (κ1) is 19.3. The quantitative estimate of drug-likeness (QED) is 0.831. The Bertz CT molecular complexity index is 801. The molecule has 1 fully saturated rings. The predicted molar refractivity (Wildman–Crippen MR) is 90.1 cm³/mol. The van der Waals surface area contributed by atoms with Crippen molar-refractivity contribution < 1.29 is 23.1 Å². The van der Waals surface area contributed by atoms with Gasteiger partial charge in [0.2, 0.25) is 5.91 Å². The Labute approximate surface area is 153 Å². The van der Waals surface area contributed by atoms with Crippen molar-refractivity contribution in [3.8, 4) is 0 Å². The van der Waals surface area contributed by atoms with Crippen LogP contribution in [0.4, 0.5) is 19.0 Å². The number of carbonyl (C=O) groups is 1. The van der Waals surface area contributed by atoms with Gasteiger partial charge in [0.15, 0.2) is 5.65 Å². The van der Waals surface area contributed by atoms with E-state index in [1.165, 1.54) is 6.07 Å². The molecule has 3 rings (SSSR count). The molecular formula is C16H21F3N6O2. The summed E-state index contributed by atoms with van der Waals surface area (Å²) in [6.45, 7) is 3.64. The first-order valence-electron chi connectivity index (χ1n) is 8.79.